The van der Waals surface area contributed by atoms with Crippen LogP contribution in [-0.4, -0.2) is 64.8 Å². The number of carbonyl (C=O) groups excluding carboxylic acids is 2. The van der Waals surface area contributed by atoms with Crippen LogP contribution in [0.3, 0.4) is 0 Å². The number of unbranched alkanes of at least 4 members (excludes halogenated alkanes) is 1. The van der Waals surface area contributed by atoms with Gasteiger partial charge in [0.25, 0.3) is 0 Å². The summed E-state index contributed by atoms with van der Waals surface area (Å²) in [6.45, 7) is 1.54. The van der Waals surface area contributed by atoms with Crippen LogP contribution >= 0.6 is 0 Å². The first-order valence-corrected chi connectivity index (χ1v) is 10.8. The molecule has 0 aliphatic carbocycles. The standard InChI is InChI=1S/C24H28N4O5/c25-22(26)18-8-10-19(11-9-18)33-15-5-4-12-27-13-14-28(24(32)23(27)31)20(16-21(29)30)17-6-2-1-3-7-17/h1-3,6-11,20H,4-5,12-16H2,(H3,25,26)(H,29,30). The number of nitrogens with one attached hydrogen (secondary N) is 1. The van der Waals surface area contributed by atoms with E-state index in [2.05, 4.69) is 0 Å². The molecule has 2 aromatic rings. The topological polar surface area (TPSA) is 137 Å². The summed E-state index contributed by atoms with van der Waals surface area (Å²) in [4.78, 5) is 39.7. The van der Waals surface area contributed by atoms with Gasteiger partial charge in [0.05, 0.1) is 19.1 Å². The fourth-order valence-electron chi connectivity index (χ4n) is 3.77. The van der Waals surface area contributed by atoms with Gasteiger partial charge >= 0.3 is 17.8 Å². The smallest absolute Gasteiger partial charge is 0.312 e. The third-order valence-corrected chi connectivity index (χ3v) is 5.53. The molecule has 33 heavy (non-hydrogen) atoms. The first-order valence-electron chi connectivity index (χ1n) is 10.8. The number of nitrogens with zero attached hydrogens (tertiary/aromatic N) is 2. The number of carboxylic acids is 1. The van der Waals surface area contributed by atoms with E-state index in [1.165, 1.54) is 9.80 Å². The SMILES string of the molecule is N=C(N)c1ccc(OCCCCN2CCN(C(CC(=O)O)c3ccccc3)C(=O)C2=O)cc1. The second kappa shape index (κ2) is 11.1. The van der Waals surface area contributed by atoms with Crippen LogP contribution in [0.25, 0.3) is 0 Å². The minimum absolute atomic E-state index is 0.00101. The summed E-state index contributed by atoms with van der Waals surface area (Å²) in [7, 11) is 0. The molecule has 1 atom stereocenters. The van der Waals surface area contributed by atoms with Gasteiger partial charge in [0.15, 0.2) is 0 Å². The predicted octanol–water partition coefficient (Wildman–Crippen LogP) is 2.02. The number of rotatable bonds is 11. The maximum Gasteiger partial charge on any atom is 0.312 e. The van der Waals surface area contributed by atoms with Gasteiger partial charge in [-0.05, 0) is 42.7 Å². The molecular formula is C24H28N4O5. The number of nitrogens with two attached hydrogens (primary N) is 1. The fraction of sp³-hybridized carbons (Fsp3) is 0.333. The summed E-state index contributed by atoms with van der Waals surface area (Å²) in [5.74, 6) is -1.63. The van der Waals surface area contributed by atoms with Crippen molar-refractivity contribution in [3.05, 3.63) is 65.7 Å². The number of amides is 2. The second-order valence-electron chi connectivity index (χ2n) is 7.81. The Bertz CT molecular complexity index is 994. The summed E-state index contributed by atoms with van der Waals surface area (Å²) in [5.41, 5.74) is 6.75. The molecule has 0 saturated carbocycles. The molecule has 0 aromatic heterocycles. The Hall–Kier alpha value is -3.88. The Morgan fingerprint density at radius 3 is 2.36 bits per heavy atom. The zero-order valence-corrected chi connectivity index (χ0v) is 18.3. The van der Waals surface area contributed by atoms with Crippen molar-refractivity contribution in [3.63, 3.8) is 0 Å². The van der Waals surface area contributed by atoms with E-state index < -0.39 is 23.8 Å². The van der Waals surface area contributed by atoms with Crippen LogP contribution in [0.4, 0.5) is 0 Å². The highest BCUT2D eigenvalue weighted by atomic mass is 16.5. The molecular weight excluding hydrogens is 424 g/mol. The van der Waals surface area contributed by atoms with Gasteiger partial charge in [-0.1, -0.05) is 30.3 Å². The number of amidine groups is 1. The number of ether oxygens (including phenoxy) is 1. The van der Waals surface area contributed by atoms with Crippen LogP contribution in [0.2, 0.25) is 0 Å². The molecule has 1 fully saturated rings. The number of nitrogen functional groups attached to an aromatic ring is 1. The van der Waals surface area contributed by atoms with Crippen LogP contribution in [0.5, 0.6) is 5.75 Å². The van der Waals surface area contributed by atoms with Crippen LogP contribution in [-0.2, 0) is 14.4 Å². The number of carbonyl (C=O) groups is 3. The third kappa shape index (κ3) is 6.31. The predicted molar refractivity (Wildman–Crippen MR) is 122 cm³/mol. The molecule has 0 radical (unpaired) electrons. The molecule has 9 nitrogen and oxygen atoms in total. The zero-order chi connectivity index (χ0) is 23.8. The summed E-state index contributed by atoms with van der Waals surface area (Å²) < 4.78 is 5.67. The lowest BCUT2D eigenvalue weighted by atomic mass is 10.0. The molecule has 2 amide bonds. The van der Waals surface area contributed by atoms with E-state index in [9.17, 15) is 19.5 Å². The van der Waals surface area contributed by atoms with Gasteiger partial charge in [0.1, 0.15) is 11.6 Å². The molecule has 3 rings (SSSR count). The highest BCUT2D eigenvalue weighted by Crippen LogP contribution is 2.26. The molecule has 1 aliphatic rings. The van der Waals surface area contributed by atoms with Gasteiger partial charge in [-0.25, -0.2) is 0 Å². The number of carboxylic acid groups (broad SMARTS) is 1. The molecule has 9 heteroatoms. The van der Waals surface area contributed by atoms with Gasteiger partial charge in [0, 0.05) is 25.2 Å². The maximum atomic E-state index is 12.8. The Kier molecular flexibility index (Phi) is 8.01. The highest BCUT2D eigenvalue weighted by molar-refractivity contribution is 6.35. The molecule has 174 valence electrons. The van der Waals surface area contributed by atoms with Crippen LogP contribution in [0.15, 0.2) is 54.6 Å². The molecule has 2 aromatic carbocycles. The Balaban J connectivity index is 1.48. The van der Waals surface area contributed by atoms with Gasteiger partial charge in [-0.15, -0.1) is 0 Å². The van der Waals surface area contributed by atoms with Gasteiger partial charge in [-0.2, -0.15) is 0 Å². The van der Waals surface area contributed by atoms with E-state index >= 15 is 0 Å². The molecule has 1 heterocycles. The van der Waals surface area contributed by atoms with E-state index in [0.717, 1.165) is 0 Å². The molecule has 1 aliphatic heterocycles. The average molecular weight is 453 g/mol. The quantitative estimate of drug-likeness (QED) is 0.206. The zero-order valence-electron chi connectivity index (χ0n) is 18.3. The Morgan fingerprint density at radius 1 is 1.03 bits per heavy atom. The van der Waals surface area contributed by atoms with E-state index in [1.54, 1.807) is 48.5 Å². The lowest BCUT2D eigenvalue weighted by Gasteiger charge is -2.38. The van der Waals surface area contributed by atoms with Crippen molar-refractivity contribution in [3.8, 4) is 5.75 Å². The molecule has 1 saturated heterocycles. The second-order valence-corrected chi connectivity index (χ2v) is 7.81. The van der Waals surface area contributed by atoms with Gasteiger partial charge in [-0.3, -0.25) is 19.8 Å². The van der Waals surface area contributed by atoms with Gasteiger partial charge < -0.3 is 25.4 Å². The van der Waals surface area contributed by atoms with Crippen molar-refractivity contribution in [2.75, 3.05) is 26.2 Å². The average Bonchev–Trinajstić information content (AvgIpc) is 2.81. The minimum atomic E-state index is -1.03. The van der Waals surface area contributed by atoms with Crippen molar-refractivity contribution in [2.45, 2.75) is 25.3 Å². The summed E-state index contributed by atoms with van der Waals surface area (Å²) >= 11 is 0. The maximum absolute atomic E-state index is 12.8. The summed E-state index contributed by atoms with van der Waals surface area (Å²) in [6.07, 6.45) is 1.11. The molecule has 1 unspecified atom stereocenters. The molecule has 4 N–H and O–H groups in total. The van der Waals surface area contributed by atoms with E-state index in [4.69, 9.17) is 15.9 Å². The number of hydrogen-bond acceptors (Lipinski definition) is 5. The Morgan fingerprint density at radius 2 is 1.73 bits per heavy atom. The highest BCUT2D eigenvalue weighted by Gasteiger charge is 2.37. The molecule has 0 spiro atoms. The fourth-order valence-corrected chi connectivity index (χ4v) is 3.77. The van der Waals surface area contributed by atoms with Gasteiger partial charge in [0.2, 0.25) is 0 Å². The number of hydrogen-bond donors (Lipinski definition) is 3. The van der Waals surface area contributed by atoms with E-state index in [-0.39, 0.29) is 18.8 Å². The number of piperazine rings is 1. The lowest BCUT2D eigenvalue weighted by molar-refractivity contribution is -0.159. The van der Waals surface area contributed by atoms with Crippen molar-refractivity contribution < 1.29 is 24.2 Å². The third-order valence-electron chi connectivity index (χ3n) is 5.53. The van der Waals surface area contributed by atoms with E-state index in [0.29, 0.717) is 49.4 Å². The van der Waals surface area contributed by atoms with Crippen molar-refractivity contribution in [1.82, 2.24) is 9.80 Å². The first kappa shape index (κ1) is 23.8. The number of aliphatic carboxylic acids is 1. The minimum Gasteiger partial charge on any atom is -0.494 e. The van der Waals surface area contributed by atoms with Crippen LogP contribution in [0.1, 0.15) is 36.4 Å². The monoisotopic (exact) mass is 452 g/mol. The summed E-state index contributed by atoms with van der Waals surface area (Å²) in [5, 5.41) is 16.7. The normalized spacial score (nSPS) is 14.8. The van der Waals surface area contributed by atoms with Crippen molar-refractivity contribution >= 4 is 23.6 Å². The lowest BCUT2D eigenvalue weighted by Crippen LogP contribution is -2.55. The van der Waals surface area contributed by atoms with Crippen molar-refractivity contribution in [2.24, 2.45) is 5.73 Å². The Labute approximate surface area is 192 Å². The molecule has 0 bridgehead atoms. The number of benzene rings is 2. The first-order chi connectivity index (χ1) is 15.9. The largest absolute Gasteiger partial charge is 0.494 e. The van der Waals surface area contributed by atoms with Crippen LogP contribution < -0.4 is 10.5 Å². The van der Waals surface area contributed by atoms with Crippen LogP contribution in [0, 0.1) is 5.41 Å². The van der Waals surface area contributed by atoms with E-state index in [1.807, 2.05) is 6.07 Å². The van der Waals surface area contributed by atoms with Crippen molar-refractivity contribution in [1.29, 1.82) is 5.41 Å². The summed E-state index contributed by atoms with van der Waals surface area (Å²) in [6, 6.07) is 15.2.